The zero-order valence-corrected chi connectivity index (χ0v) is 25.7. The van der Waals surface area contributed by atoms with Crippen LogP contribution < -0.4 is 4.74 Å². The van der Waals surface area contributed by atoms with E-state index in [0.717, 1.165) is 17.7 Å². The van der Waals surface area contributed by atoms with Crippen molar-refractivity contribution in [3.05, 3.63) is 42.0 Å². The van der Waals surface area contributed by atoms with E-state index in [2.05, 4.69) is 46.9 Å². The minimum absolute atomic E-state index is 0.0143. The van der Waals surface area contributed by atoms with Gasteiger partial charge in [-0.2, -0.15) is 0 Å². The Hall–Kier alpha value is -1.26. The maximum Gasteiger partial charge on any atom is 0.191 e. The van der Waals surface area contributed by atoms with Gasteiger partial charge in [-0.3, -0.25) is 0 Å². The van der Waals surface area contributed by atoms with Gasteiger partial charge in [-0.15, -0.1) is 0 Å². The second-order valence-electron chi connectivity index (χ2n) is 11.7. The maximum atomic E-state index is 6.39. The third-order valence-electron chi connectivity index (χ3n) is 7.07. The molecule has 1 fully saturated rings. The fourth-order valence-corrected chi connectivity index (χ4v) is 4.90. The van der Waals surface area contributed by atoms with E-state index in [1.54, 1.807) is 14.2 Å². The molecule has 0 saturated carbocycles. The second kappa shape index (κ2) is 14.2. The number of hydrogen-bond donors (Lipinski definition) is 0. The summed E-state index contributed by atoms with van der Waals surface area (Å²) in [6.45, 7) is 18.7. The van der Waals surface area contributed by atoms with E-state index >= 15 is 0 Å². The summed E-state index contributed by atoms with van der Waals surface area (Å²) in [5.41, 5.74) is 1.10. The molecule has 37 heavy (non-hydrogen) atoms. The van der Waals surface area contributed by atoms with Crippen molar-refractivity contribution in [1.29, 1.82) is 0 Å². The smallest absolute Gasteiger partial charge is 0.191 e. The van der Waals surface area contributed by atoms with Gasteiger partial charge in [0.15, 0.2) is 14.1 Å². The Balaban J connectivity index is 1.95. The predicted molar refractivity (Wildman–Crippen MR) is 149 cm³/mol. The number of benzene rings is 1. The molecule has 0 spiro atoms. The van der Waals surface area contributed by atoms with Crippen molar-refractivity contribution in [3.63, 3.8) is 0 Å². The summed E-state index contributed by atoms with van der Waals surface area (Å²) < 4.78 is 41.2. The molecule has 4 atom stereocenters. The predicted octanol–water partition coefficient (Wildman–Crippen LogP) is 6.47. The molecule has 0 amide bonds. The maximum absolute atomic E-state index is 6.39. The van der Waals surface area contributed by atoms with Gasteiger partial charge in [0.05, 0.1) is 32.0 Å². The van der Waals surface area contributed by atoms with Crippen LogP contribution in [-0.4, -0.2) is 66.1 Å². The van der Waals surface area contributed by atoms with Gasteiger partial charge in [0, 0.05) is 20.1 Å². The highest BCUT2D eigenvalue weighted by molar-refractivity contribution is 6.74. The lowest BCUT2D eigenvalue weighted by atomic mass is 10.1. The van der Waals surface area contributed by atoms with E-state index in [1.165, 1.54) is 0 Å². The highest BCUT2D eigenvalue weighted by Crippen LogP contribution is 2.37. The Kier molecular flexibility index (Phi) is 12.3. The summed E-state index contributed by atoms with van der Waals surface area (Å²) in [7, 11) is 1.48. The summed E-state index contributed by atoms with van der Waals surface area (Å²) in [4.78, 5) is 0. The lowest BCUT2D eigenvalue weighted by Gasteiger charge is -2.36. The van der Waals surface area contributed by atoms with Crippen LogP contribution in [0, 0.1) is 0 Å². The van der Waals surface area contributed by atoms with Crippen LogP contribution in [0.25, 0.3) is 0 Å². The monoisotopic (exact) mass is 538 g/mol. The van der Waals surface area contributed by atoms with Gasteiger partial charge < -0.3 is 32.8 Å². The molecule has 0 bridgehead atoms. The molecule has 1 heterocycles. The van der Waals surface area contributed by atoms with Crippen molar-refractivity contribution < 1.29 is 32.8 Å². The molecule has 212 valence electrons. The van der Waals surface area contributed by atoms with Crippen molar-refractivity contribution in [2.45, 2.75) is 109 Å². The number of hydrogen-bond acceptors (Lipinski definition) is 7. The molecular weight excluding hydrogens is 488 g/mol. The molecule has 1 aliphatic heterocycles. The average Bonchev–Trinajstić information content (AvgIpc) is 3.12. The molecule has 0 aromatic heterocycles. The Bertz CT molecular complexity index is 817. The van der Waals surface area contributed by atoms with Crippen LogP contribution in [0.2, 0.25) is 18.1 Å². The molecule has 1 aromatic rings. The fraction of sp³-hybridized carbons (Fsp3) is 0.724. The third kappa shape index (κ3) is 10.8. The summed E-state index contributed by atoms with van der Waals surface area (Å²) in [5.74, 6) is 0.190. The van der Waals surface area contributed by atoms with Crippen LogP contribution in [0.4, 0.5) is 0 Å². The van der Waals surface area contributed by atoms with E-state index in [1.807, 2.05) is 44.2 Å². The number of methoxy groups -OCH3 is 2. The van der Waals surface area contributed by atoms with Gasteiger partial charge in [-0.05, 0) is 63.0 Å². The van der Waals surface area contributed by atoms with Crippen LogP contribution in [0.5, 0.6) is 5.75 Å². The van der Waals surface area contributed by atoms with E-state index in [9.17, 15) is 0 Å². The molecule has 0 unspecified atom stereocenters. The van der Waals surface area contributed by atoms with E-state index in [0.29, 0.717) is 19.6 Å². The largest absolute Gasteiger partial charge is 0.497 e. The summed E-state index contributed by atoms with van der Waals surface area (Å²) in [6, 6.07) is 7.90. The van der Waals surface area contributed by atoms with Crippen molar-refractivity contribution in [2.75, 3.05) is 27.6 Å². The quantitative estimate of drug-likeness (QED) is 0.144. The van der Waals surface area contributed by atoms with Crippen LogP contribution in [0.15, 0.2) is 36.4 Å². The first-order valence-corrected chi connectivity index (χ1v) is 16.2. The van der Waals surface area contributed by atoms with Gasteiger partial charge >= 0.3 is 0 Å². The van der Waals surface area contributed by atoms with Crippen molar-refractivity contribution in [1.82, 2.24) is 0 Å². The minimum atomic E-state index is -1.81. The van der Waals surface area contributed by atoms with Gasteiger partial charge in [-0.1, -0.05) is 45.1 Å². The molecule has 0 aliphatic carbocycles. The number of rotatable bonds is 15. The first kappa shape index (κ1) is 32.0. The van der Waals surface area contributed by atoms with E-state index in [4.69, 9.17) is 32.8 Å². The Morgan fingerprint density at radius 3 is 2.32 bits per heavy atom. The van der Waals surface area contributed by atoms with Crippen molar-refractivity contribution in [2.24, 2.45) is 0 Å². The van der Waals surface area contributed by atoms with Crippen molar-refractivity contribution >= 4 is 8.32 Å². The molecule has 1 saturated heterocycles. The summed E-state index contributed by atoms with van der Waals surface area (Å²) in [6.07, 6.45) is 5.11. The first-order valence-electron chi connectivity index (χ1n) is 13.3. The van der Waals surface area contributed by atoms with E-state index < -0.39 is 14.1 Å². The van der Waals surface area contributed by atoms with Crippen LogP contribution in [0.3, 0.4) is 0 Å². The molecule has 1 aliphatic rings. The lowest BCUT2D eigenvalue weighted by molar-refractivity contribution is -0.144. The summed E-state index contributed by atoms with van der Waals surface area (Å²) in [5, 5.41) is 0.177. The molecule has 1 aromatic carbocycles. The van der Waals surface area contributed by atoms with Gasteiger partial charge in [0.2, 0.25) is 0 Å². The highest BCUT2D eigenvalue weighted by Gasteiger charge is 2.41. The average molecular weight is 539 g/mol. The normalized spacial score (nSPS) is 21.9. The topological polar surface area (TPSA) is 64.6 Å². The highest BCUT2D eigenvalue weighted by atomic mass is 28.4. The van der Waals surface area contributed by atoms with Crippen LogP contribution in [-0.2, 0) is 34.7 Å². The van der Waals surface area contributed by atoms with Gasteiger partial charge in [0.1, 0.15) is 18.6 Å². The molecule has 0 N–H and O–H groups in total. The van der Waals surface area contributed by atoms with Crippen LogP contribution in [0.1, 0.15) is 59.9 Å². The second-order valence-corrected chi connectivity index (χ2v) is 16.5. The van der Waals surface area contributed by atoms with Gasteiger partial charge in [0.25, 0.3) is 0 Å². The molecular formula is C29H50O7Si. The standard InChI is InChI=1S/C29H50O7Si/c1-22(32-20-23-11-13-24(31-8)14-12-23)19-25(33-21-30-7)15-16-26-27(36-29(5,6)35-26)17-18-34-37(9,10)28(2,3)4/h11-16,22,25-27H,17-21H2,1-10H3/b16-15+/t22-,25-,26+,27+/m1/s1. The van der Waals surface area contributed by atoms with Gasteiger partial charge in [-0.25, -0.2) is 0 Å². The molecule has 0 radical (unpaired) electrons. The Morgan fingerprint density at radius 1 is 1.05 bits per heavy atom. The Labute approximate surface area is 225 Å². The number of ether oxygens (including phenoxy) is 6. The molecule has 8 heteroatoms. The lowest BCUT2D eigenvalue weighted by Crippen LogP contribution is -2.41. The first-order chi connectivity index (χ1) is 17.3. The Morgan fingerprint density at radius 2 is 1.73 bits per heavy atom. The zero-order valence-electron chi connectivity index (χ0n) is 24.7. The summed E-state index contributed by atoms with van der Waals surface area (Å²) >= 11 is 0. The zero-order chi connectivity index (χ0) is 27.7. The third-order valence-corrected chi connectivity index (χ3v) is 11.6. The SMILES string of the molecule is COCO[C@H](/C=C/[C@@H]1OC(C)(C)O[C@H]1CCO[Si](C)(C)C(C)(C)C)C[C@@H](C)OCc1ccc(OC)cc1. The van der Waals surface area contributed by atoms with Crippen LogP contribution >= 0.6 is 0 Å². The van der Waals surface area contributed by atoms with Crippen molar-refractivity contribution in [3.8, 4) is 5.75 Å². The minimum Gasteiger partial charge on any atom is -0.497 e. The molecule has 2 rings (SSSR count). The fourth-order valence-electron chi connectivity index (χ4n) is 3.84. The molecule has 7 nitrogen and oxygen atoms in total. The van der Waals surface area contributed by atoms with E-state index in [-0.39, 0.29) is 36.2 Å².